The summed E-state index contributed by atoms with van der Waals surface area (Å²) < 4.78 is 42.6. The van der Waals surface area contributed by atoms with Crippen LogP contribution in [0.25, 0.3) is 11.2 Å². The summed E-state index contributed by atoms with van der Waals surface area (Å²) in [6.07, 6.45) is 0.672. The van der Waals surface area contributed by atoms with E-state index in [1.807, 2.05) is 0 Å². The van der Waals surface area contributed by atoms with E-state index in [0.29, 0.717) is 16.9 Å². The van der Waals surface area contributed by atoms with Crippen molar-refractivity contribution < 1.29 is 32.4 Å². The molecule has 184 valence electrons. The highest BCUT2D eigenvalue weighted by molar-refractivity contribution is 7.48. The highest BCUT2D eigenvalue weighted by atomic mass is 31.2. The van der Waals surface area contributed by atoms with Crippen LogP contribution < -0.4 is 5.73 Å². The largest absolute Gasteiger partial charge is 0.475 e. The lowest BCUT2D eigenvalue weighted by molar-refractivity contribution is -0.152. The number of anilines is 1. The van der Waals surface area contributed by atoms with Crippen LogP contribution in [-0.4, -0.2) is 52.0 Å². The summed E-state index contributed by atoms with van der Waals surface area (Å²) in [4.78, 5) is 20.6. The number of hydrogen-bond acceptors (Lipinski definition) is 11. The number of fused-ring (bicyclic) bond motifs is 2. The summed E-state index contributed by atoms with van der Waals surface area (Å²) in [5.41, 5.74) is 6.10. The zero-order valence-electron chi connectivity index (χ0n) is 19.4. The molecule has 13 heteroatoms. The number of nitrogens with two attached hydrogens (primary N) is 1. The Balaban J connectivity index is 1.48. The van der Waals surface area contributed by atoms with Crippen molar-refractivity contribution in [2.24, 2.45) is 11.3 Å². The Labute approximate surface area is 196 Å². The summed E-state index contributed by atoms with van der Waals surface area (Å²) in [6.45, 7) is 6.73. The number of imidazole rings is 1. The van der Waals surface area contributed by atoms with Crippen molar-refractivity contribution in [1.82, 2.24) is 14.5 Å². The predicted molar refractivity (Wildman–Crippen MR) is 119 cm³/mol. The highest BCUT2D eigenvalue weighted by Gasteiger charge is 2.61. The molecular formula is C21H28N5O7P. The zero-order valence-corrected chi connectivity index (χ0v) is 20.3. The van der Waals surface area contributed by atoms with Crippen LogP contribution in [0.4, 0.5) is 5.69 Å². The molecule has 2 aliphatic heterocycles. The molecule has 0 amide bonds. The molecule has 0 aliphatic carbocycles. The summed E-state index contributed by atoms with van der Waals surface area (Å²) in [5, 5.41) is 10.1. The van der Waals surface area contributed by atoms with Gasteiger partial charge in [-0.3, -0.25) is 22.9 Å². The average molecular weight is 493 g/mol. The standard InChI is InChI=1S/C21H28N5O7P/c1-12(2)31-19(27)13(3)6-8-29-34(28)30-9-15-17(33-34)21(4,10-22)20(32-15)26-11-25-16-14(23)5-7-24-18(16)26/h5,7,11-13,15,17,20H,6,8-9H2,1-4H3,(H2,23,24)/t13-,15+,17+,20+,21+,34+/m0/s1. The van der Waals surface area contributed by atoms with Crippen LogP contribution in [0.15, 0.2) is 18.6 Å². The Kier molecular flexibility index (Phi) is 6.68. The SMILES string of the molecule is CC(C)OC(=O)[C@@H](C)CCO[P@]1(=O)OC[C@H]2O[C@@H](n3cnc4c(N)ccnc43)[C@](C)(C#N)[C@@H]2O1. The molecule has 2 aliphatic rings. The number of nitrogen functional groups attached to an aromatic ring is 1. The van der Waals surface area contributed by atoms with Gasteiger partial charge in [-0.2, -0.15) is 5.26 Å². The van der Waals surface area contributed by atoms with E-state index < -0.39 is 37.6 Å². The van der Waals surface area contributed by atoms with Crippen molar-refractivity contribution in [2.75, 3.05) is 18.9 Å². The van der Waals surface area contributed by atoms with Crippen LogP contribution in [0.3, 0.4) is 0 Å². The smallest absolute Gasteiger partial charge is 0.463 e. The number of hydrogen-bond donors (Lipinski definition) is 1. The van der Waals surface area contributed by atoms with Gasteiger partial charge in [0.1, 0.15) is 23.1 Å². The Hall–Kier alpha value is -2.55. The predicted octanol–water partition coefficient (Wildman–Crippen LogP) is 2.96. The zero-order chi connectivity index (χ0) is 24.7. The lowest BCUT2D eigenvalue weighted by atomic mass is 9.84. The lowest BCUT2D eigenvalue weighted by Crippen LogP contribution is -2.42. The minimum Gasteiger partial charge on any atom is -0.463 e. The van der Waals surface area contributed by atoms with Crippen molar-refractivity contribution in [2.45, 2.75) is 58.7 Å². The molecule has 12 nitrogen and oxygen atoms in total. The molecule has 0 spiro atoms. The van der Waals surface area contributed by atoms with Crippen LogP contribution in [0.1, 0.15) is 40.3 Å². The molecular weight excluding hydrogens is 465 g/mol. The van der Waals surface area contributed by atoms with Gasteiger partial charge in [-0.1, -0.05) is 6.92 Å². The number of nitrogens with zero attached hydrogens (tertiary/aromatic N) is 4. The van der Waals surface area contributed by atoms with Crippen molar-refractivity contribution >= 4 is 30.6 Å². The first-order valence-electron chi connectivity index (χ1n) is 11.0. The number of carbonyl (C=O) groups is 1. The van der Waals surface area contributed by atoms with Crippen LogP contribution in [0.2, 0.25) is 0 Å². The van der Waals surface area contributed by atoms with Crippen molar-refractivity contribution in [3.8, 4) is 6.07 Å². The number of phosphoric acid groups is 1. The maximum absolute atomic E-state index is 13.2. The van der Waals surface area contributed by atoms with E-state index >= 15 is 0 Å². The molecule has 34 heavy (non-hydrogen) atoms. The number of phosphoric ester groups is 1. The minimum atomic E-state index is -3.99. The van der Waals surface area contributed by atoms with E-state index in [2.05, 4.69) is 16.0 Å². The Morgan fingerprint density at radius 3 is 2.91 bits per heavy atom. The summed E-state index contributed by atoms with van der Waals surface area (Å²) in [5.74, 6) is -0.821. The lowest BCUT2D eigenvalue weighted by Gasteiger charge is -2.34. The number of pyridine rings is 1. The molecule has 2 aromatic rings. The molecule has 6 atom stereocenters. The quantitative estimate of drug-likeness (QED) is 0.446. The second-order valence-corrected chi connectivity index (χ2v) is 10.5. The van der Waals surface area contributed by atoms with E-state index in [1.165, 1.54) is 6.33 Å². The number of ether oxygens (including phenoxy) is 2. The topological polar surface area (TPSA) is 161 Å². The molecule has 2 N–H and O–H groups in total. The number of aromatic nitrogens is 3. The molecule has 0 bridgehead atoms. The number of esters is 1. The van der Waals surface area contributed by atoms with Gasteiger partial charge in [0.15, 0.2) is 11.9 Å². The Bertz CT molecular complexity index is 1160. The fourth-order valence-corrected chi connectivity index (χ4v) is 5.50. The first-order chi connectivity index (χ1) is 16.1. The fraction of sp³-hybridized carbons (Fsp3) is 0.619. The van der Waals surface area contributed by atoms with Gasteiger partial charge in [-0.25, -0.2) is 14.5 Å². The molecule has 0 aromatic carbocycles. The molecule has 2 saturated heterocycles. The van der Waals surface area contributed by atoms with E-state index in [0.717, 1.165) is 0 Å². The van der Waals surface area contributed by atoms with Gasteiger partial charge in [0.2, 0.25) is 0 Å². The summed E-state index contributed by atoms with van der Waals surface area (Å²) >= 11 is 0. The number of carbonyl (C=O) groups excluding carboxylic acids is 1. The molecule has 0 saturated carbocycles. The van der Waals surface area contributed by atoms with Crippen molar-refractivity contribution in [1.29, 1.82) is 5.26 Å². The maximum atomic E-state index is 13.2. The summed E-state index contributed by atoms with van der Waals surface area (Å²) in [7, 11) is -3.99. The number of rotatable bonds is 7. The maximum Gasteiger partial charge on any atom is 0.475 e. The third kappa shape index (κ3) is 4.42. The van der Waals surface area contributed by atoms with Gasteiger partial charge in [0, 0.05) is 6.20 Å². The first kappa shape index (κ1) is 24.6. The van der Waals surface area contributed by atoms with Gasteiger partial charge < -0.3 is 15.2 Å². The van der Waals surface area contributed by atoms with Crippen LogP contribution >= 0.6 is 7.82 Å². The van der Waals surface area contributed by atoms with Gasteiger partial charge in [-0.05, 0) is 33.3 Å². The molecule has 2 fully saturated rings. The second kappa shape index (κ2) is 9.24. The van der Waals surface area contributed by atoms with Gasteiger partial charge in [-0.15, -0.1) is 0 Å². The highest BCUT2D eigenvalue weighted by Crippen LogP contribution is 2.61. The molecule has 2 aromatic heterocycles. The third-order valence-corrected chi connectivity index (χ3v) is 7.37. The van der Waals surface area contributed by atoms with Crippen molar-refractivity contribution in [3.05, 3.63) is 18.6 Å². The normalized spacial score (nSPS) is 31.8. The van der Waals surface area contributed by atoms with E-state index in [1.54, 1.807) is 44.5 Å². The van der Waals surface area contributed by atoms with Crippen molar-refractivity contribution in [3.63, 3.8) is 0 Å². The second-order valence-electron chi connectivity index (χ2n) is 8.92. The first-order valence-corrected chi connectivity index (χ1v) is 12.5. The molecule has 0 unspecified atom stereocenters. The molecule has 4 heterocycles. The Morgan fingerprint density at radius 2 is 2.21 bits per heavy atom. The van der Waals surface area contributed by atoms with Gasteiger partial charge >= 0.3 is 13.8 Å². The third-order valence-electron chi connectivity index (χ3n) is 5.92. The van der Waals surface area contributed by atoms with Gasteiger partial charge in [0.05, 0.1) is 43.3 Å². The minimum absolute atomic E-state index is 0.0497. The van der Waals surface area contributed by atoms with Crippen LogP contribution in [0.5, 0.6) is 0 Å². The van der Waals surface area contributed by atoms with Gasteiger partial charge in [0.25, 0.3) is 0 Å². The number of nitriles is 1. The average Bonchev–Trinajstić information content (AvgIpc) is 3.33. The van der Waals surface area contributed by atoms with Crippen LogP contribution in [-0.2, 0) is 32.4 Å². The fourth-order valence-electron chi connectivity index (χ4n) is 4.02. The Morgan fingerprint density at radius 1 is 1.44 bits per heavy atom. The van der Waals surface area contributed by atoms with Crippen LogP contribution in [0, 0.1) is 22.7 Å². The monoisotopic (exact) mass is 493 g/mol. The van der Waals surface area contributed by atoms with E-state index in [4.69, 9.17) is 28.8 Å². The summed E-state index contributed by atoms with van der Waals surface area (Å²) in [6, 6.07) is 3.88. The molecule has 0 radical (unpaired) electrons. The molecule has 4 rings (SSSR count). The van der Waals surface area contributed by atoms with E-state index in [9.17, 15) is 14.6 Å². The van der Waals surface area contributed by atoms with E-state index in [-0.39, 0.29) is 31.7 Å².